The van der Waals surface area contributed by atoms with Gasteiger partial charge in [-0.05, 0) is 19.1 Å². The zero-order valence-electron chi connectivity index (χ0n) is 11.8. The van der Waals surface area contributed by atoms with E-state index in [0.29, 0.717) is 11.8 Å². The summed E-state index contributed by atoms with van der Waals surface area (Å²) >= 11 is 0. The van der Waals surface area contributed by atoms with Crippen LogP contribution in [-0.4, -0.2) is 20.2 Å². The number of rotatable bonds is 4. The highest BCUT2D eigenvalue weighted by Gasteiger charge is 2.14. The molecule has 106 valence electrons. The Morgan fingerprint density at radius 1 is 1.14 bits per heavy atom. The zero-order chi connectivity index (χ0) is 14.7. The van der Waals surface area contributed by atoms with E-state index in [4.69, 9.17) is 4.42 Å². The molecule has 0 saturated carbocycles. The molecule has 3 rings (SSSR count). The maximum atomic E-state index is 5.51. The van der Waals surface area contributed by atoms with Crippen LogP contribution in [0.5, 0.6) is 0 Å². The third-order valence-corrected chi connectivity index (χ3v) is 3.08. The molecule has 0 aliphatic carbocycles. The van der Waals surface area contributed by atoms with E-state index < -0.39 is 0 Å². The highest BCUT2D eigenvalue weighted by molar-refractivity contribution is 5.72. The SMILES string of the molecule is Cc1nnc(-c2ccccc2NC(C)c2cnccn2)o1. The minimum absolute atomic E-state index is 0.0175. The van der Waals surface area contributed by atoms with E-state index in [1.165, 1.54) is 0 Å². The monoisotopic (exact) mass is 281 g/mol. The summed E-state index contributed by atoms with van der Waals surface area (Å²) in [5, 5.41) is 11.4. The summed E-state index contributed by atoms with van der Waals surface area (Å²) in [7, 11) is 0. The fourth-order valence-corrected chi connectivity index (χ4v) is 2.04. The minimum Gasteiger partial charge on any atom is -0.421 e. The molecule has 1 aromatic carbocycles. The first-order chi connectivity index (χ1) is 10.2. The molecule has 0 fully saturated rings. The molecular weight excluding hydrogens is 266 g/mol. The van der Waals surface area contributed by atoms with Crippen LogP contribution in [0.1, 0.15) is 24.6 Å². The summed E-state index contributed by atoms with van der Waals surface area (Å²) in [4.78, 5) is 8.39. The van der Waals surface area contributed by atoms with Gasteiger partial charge in [0.2, 0.25) is 11.8 Å². The molecule has 0 aliphatic heterocycles. The van der Waals surface area contributed by atoms with Crippen molar-refractivity contribution in [3.8, 4) is 11.5 Å². The van der Waals surface area contributed by atoms with Crippen molar-refractivity contribution in [1.29, 1.82) is 0 Å². The summed E-state index contributed by atoms with van der Waals surface area (Å²) < 4.78 is 5.51. The van der Waals surface area contributed by atoms with E-state index in [1.807, 2.05) is 31.2 Å². The molecule has 6 nitrogen and oxygen atoms in total. The van der Waals surface area contributed by atoms with E-state index in [1.54, 1.807) is 25.5 Å². The van der Waals surface area contributed by atoms with E-state index in [0.717, 1.165) is 16.9 Å². The van der Waals surface area contributed by atoms with Gasteiger partial charge in [0, 0.05) is 25.0 Å². The molecule has 6 heteroatoms. The van der Waals surface area contributed by atoms with Gasteiger partial charge in [0.25, 0.3) is 0 Å². The lowest BCUT2D eigenvalue weighted by molar-refractivity contribution is 0.533. The van der Waals surface area contributed by atoms with Gasteiger partial charge in [-0.3, -0.25) is 9.97 Å². The number of benzene rings is 1. The van der Waals surface area contributed by atoms with Crippen molar-refractivity contribution < 1.29 is 4.42 Å². The molecule has 1 N–H and O–H groups in total. The Hall–Kier alpha value is -2.76. The van der Waals surface area contributed by atoms with E-state index in [2.05, 4.69) is 25.5 Å². The molecule has 0 radical (unpaired) electrons. The van der Waals surface area contributed by atoms with E-state index in [-0.39, 0.29) is 6.04 Å². The topological polar surface area (TPSA) is 76.7 Å². The Bertz CT molecular complexity index is 726. The summed E-state index contributed by atoms with van der Waals surface area (Å²) in [6, 6.07) is 7.83. The molecule has 21 heavy (non-hydrogen) atoms. The minimum atomic E-state index is 0.0175. The highest BCUT2D eigenvalue weighted by Crippen LogP contribution is 2.29. The van der Waals surface area contributed by atoms with Crippen LogP contribution in [0.2, 0.25) is 0 Å². The van der Waals surface area contributed by atoms with Gasteiger partial charge in [-0.15, -0.1) is 10.2 Å². The molecule has 1 atom stereocenters. The van der Waals surface area contributed by atoms with Crippen LogP contribution >= 0.6 is 0 Å². The number of hydrogen-bond acceptors (Lipinski definition) is 6. The van der Waals surface area contributed by atoms with Crippen molar-refractivity contribution in [3.05, 3.63) is 54.4 Å². The maximum Gasteiger partial charge on any atom is 0.249 e. The van der Waals surface area contributed by atoms with Gasteiger partial charge in [-0.1, -0.05) is 12.1 Å². The van der Waals surface area contributed by atoms with E-state index in [9.17, 15) is 0 Å². The molecule has 0 saturated heterocycles. The first kappa shape index (κ1) is 13.2. The average molecular weight is 281 g/mol. The predicted octanol–water partition coefficient (Wildman–Crippen LogP) is 3.01. The normalized spacial score (nSPS) is 12.1. The Morgan fingerprint density at radius 3 is 2.71 bits per heavy atom. The number of nitrogens with one attached hydrogen (secondary N) is 1. The van der Waals surface area contributed by atoms with Gasteiger partial charge in [-0.2, -0.15) is 0 Å². The third kappa shape index (κ3) is 2.89. The Morgan fingerprint density at radius 2 is 2.00 bits per heavy atom. The summed E-state index contributed by atoms with van der Waals surface area (Å²) in [5.74, 6) is 1.05. The molecule has 2 heterocycles. The van der Waals surface area contributed by atoms with Crippen molar-refractivity contribution in [2.24, 2.45) is 0 Å². The number of hydrogen-bond donors (Lipinski definition) is 1. The van der Waals surface area contributed by atoms with Crippen LogP contribution in [0, 0.1) is 6.92 Å². The first-order valence-corrected chi connectivity index (χ1v) is 6.66. The van der Waals surface area contributed by atoms with Crippen LogP contribution in [0.3, 0.4) is 0 Å². The van der Waals surface area contributed by atoms with E-state index >= 15 is 0 Å². The van der Waals surface area contributed by atoms with Gasteiger partial charge in [0.1, 0.15) is 0 Å². The van der Waals surface area contributed by atoms with Crippen LogP contribution in [0.4, 0.5) is 5.69 Å². The molecule has 0 amide bonds. The van der Waals surface area contributed by atoms with Crippen molar-refractivity contribution >= 4 is 5.69 Å². The molecule has 0 bridgehead atoms. The standard InChI is InChI=1S/C15H15N5O/c1-10(14-9-16-7-8-17-14)18-13-6-4-3-5-12(13)15-20-19-11(2)21-15/h3-10,18H,1-2H3. The fourth-order valence-electron chi connectivity index (χ4n) is 2.04. The van der Waals surface area contributed by atoms with Crippen LogP contribution in [0.15, 0.2) is 47.3 Å². The second-order valence-corrected chi connectivity index (χ2v) is 4.67. The van der Waals surface area contributed by atoms with Crippen molar-refractivity contribution in [3.63, 3.8) is 0 Å². The third-order valence-electron chi connectivity index (χ3n) is 3.08. The molecule has 2 aromatic heterocycles. The smallest absolute Gasteiger partial charge is 0.249 e. The number of anilines is 1. The molecular formula is C15H15N5O. The largest absolute Gasteiger partial charge is 0.421 e. The molecule has 1 unspecified atom stereocenters. The van der Waals surface area contributed by atoms with Crippen LogP contribution < -0.4 is 5.32 Å². The van der Waals surface area contributed by atoms with Crippen molar-refractivity contribution in [2.45, 2.75) is 19.9 Å². The lowest BCUT2D eigenvalue weighted by Crippen LogP contribution is -2.09. The Kier molecular flexibility index (Phi) is 3.59. The number of aryl methyl sites for hydroxylation is 1. The lowest BCUT2D eigenvalue weighted by Gasteiger charge is -2.16. The average Bonchev–Trinajstić information content (AvgIpc) is 2.95. The Labute approximate surface area is 122 Å². The van der Waals surface area contributed by atoms with Gasteiger partial charge in [0.05, 0.1) is 23.5 Å². The number of nitrogens with zero attached hydrogens (tertiary/aromatic N) is 4. The number of para-hydroxylation sites is 1. The quantitative estimate of drug-likeness (QED) is 0.792. The zero-order valence-corrected chi connectivity index (χ0v) is 11.8. The van der Waals surface area contributed by atoms with Crippen molar-refractivity contribution in [2.75, 3.05) is 5.32 Å². The van der Waals surface area contributed by atoms with Crippen LogP contribution in [0.25, 0.3) is 11.5 Å². The first-order valence-electron chi connectivity index (χ1n) is 6.66. The van der Waals surface area contributed by atoms with Gasteiger partial charge in [0.15, 0.2) is 0 Å². The highest BCUT2D eigenvalue weighted by atomic mass is 16.4. The number of aromatic nitrogens is 4. The molecule has 0 spiro atoms. The Balaban J connectivity index is 1.89. The molecule has 0 aliphatic rings. The maximum absolute atomic E-state index is 5.51. The lowest BCUT2D eigenvalue weighted by atomic mass is 10.1. The second kappa shape index (κ2) is 5.70. The van der Waals surface area contributed by atoms with Crippen LogP contribution in [-0.2, 0) is 0 Å². The fraction of sp³-hybridized carbons (Fsp3) is 0.200. The summed E-state index contributed by atoms with van der Waals surface area (Å²) in [5.41, 5.74) is 2.65. The van der Waals surface area contributed by atoms with Gasteiger partial charge in [-0.25, -0.2) is 0 Å². The van der Waals surface area contributed by atoms with Gasteiger partial charge >= 0.3 is 0 Å². The second-order valence-electron chi connectivity index (χ2n) is 4.67. The summed E-state index contributed by atoms with van der Waals surface area (Å²) in [6.45, 7) is 3.80. The summed E-state index contributed by atoms with van der Waals surface area (Å²) in [6.07, 6.45) is 5.09. The molecule has 3 aromatic rings. The predicted molar refractivity (Wildman–Crippen MR) is 78.5 cm³/mol. The van der Waals surface area contributed by atoms with Gasteiger partial charge < -0.3 is 9.73 Å². The van der Waals surface area contributed by atoms with Crippen molar-refractivity contribution in [1.82, 2.24) is 20.2 Å².